The first-order valence-electron chi connectivity index (χ1n) is 6.05. The number of sulfone groups is 1. The van der Waals surface area contributed by atoms with Gasteiger partial charge in [-0.1, -0.05) is 24.0 Å². The minimum atomic E-state index is -2.91. The second kappa shape index (κ2) is 7.29. The summed E-state index contributed by atoms with van der Waals surface area (Å²) >= 11 is 0. The fourth-order valence-corrected chi connectivity index (χ4v) is 2.26. The Balaban J connectivity index is 2.61. The molecule has 1 rings (SSSR count). The molecule has 0 fully saturated rings. The van der Waals surface area contributed by atoms with Crippen molar-refractivity contribution in [3.05, 3.63) is 35.4 Å². The Hall–Kier alpha value is -1.35. The minimum Gasteiger partial charge on any atom is -0.320 e. The van der Waals surface area contributed by atoms with Crippen LogP contribution in [0.15, 0.2) is 24.3 Å². The Morgan fingerprint density at radius 3 is 2.74 bits per heavy atom. The summed E-state index contributed by atoms with van der Waals surface area (Å²) < 4.78 is 22.2. The molecular formula is C14H20N2O2S. The standard InChI is InChI=1S/C14H20N2O2S/c1-16(9-10-19(2,17)18)12-14-6-3-5-13(11-14)7-4-8-15/h3,5-6,11H,8-10,12,15H2,1-2H3. The van der Waals surface area contributed by atoms with E-state index in [1.165, 1.54) is 6.26 Å². The lowest BCUT2D eigenvalue weighted by atomic mass is 10.1. The van der Waals surface area contributed by atoms with Crippen LogP contribution in [0.2, 0.25) is 0 Å². The molecule has 5 heteroatoms. The van der Waals surface area contributed by atoms with Crippen molar-refractivity contribution in [2.75, 3.05) is 32.1 Å². The summed E-state index contributed by atoms with van der Waals surface area (Å²) in [6.07, 6.45) is 1.25. The summed E-state index contributed by atoms with van der Waals surface area (Å²) in [6.45, 7) is 1.57. The molecule has 104 valence electrons. The third-order valence-corrected chi connectivity index (χ3v) is 3.48. The summed E-state index contributed by atoms with van der Waals surface area (Å²) in [5.41, 5.74) is 7.38. The van der Waals surface area contributed by atoms with Gasteiger partial charge in [-0.15, -0.1) is 0 Å². The average molecular weight is 280 g/mol. The zero-order valence-electron chi connectivity index (χ0n) is 11.4. The molecule has 0 aliphatic rings. The Morgan fingerprint density at radius 2 is 2.11 bits per heavy atom. The van der Waals surface area contributed by atoms with Crippen LogP contribution in [0.4, 0.5) is 0 Å². The van der Waals surface area contributed by atoms with Crippen molar-refractivity contribution in [2.24, 2.45) is 5.73 Å². The second-order valence-electron chi connectivity index (χ2n) is 4.57. The van der Waals surface area contributed by atoms with Crippen LogP contribution in [0.5, 0.6) is 0 Å². The van der Waals surface area contributed by atoms with E-state index in [1.807, 2.05) is 36.2 Å². The molecule has 1 aromatic carbocycles. The predicted octanol–water partition coefficient (Wildman–Crippen LogP) is 0.473. The molecule has 4 nitrogen and oxygen atoms in total. The van der Waals surface area contributed by atoms with E-state index in [1.54, 1.807) is 0 Å². The highest BCUT2D eigenvalue weighted by Crippen LogP contribution is 2.07. The molecule has 0 aromatic heterocycles. The number of hydrogen-bond acceptors (Lipinski definition) is 4. The molecule has 0 radical (unpaired) electrons. The van der Waals surface area contributed by atoms with Crippen LogP contribution in [-0.4, -0.2) is 45.5 Å². The van der Waals surface area contributed by atoms with Crippen LogP contribution >= 0.6 is 0 Å². The zero-order valence-corrected chi connectivity index (χ0v) is 12.2. The number of nitrogens with two attached hydrogens (primary N) is 1. The smallest absolute Gasteiger partial charge is 0.148 e. The SMILES string of the molecule is CN(CCS(C)(=O)=O)Cc1cccc(C#CCN)c1. The third-order valence-electron chi connectivity index (χ3n) is 2.56. The molecule has 2 N–H and O–H groups in total. The molecule has 0 unspecified atom stereocenters. The average Bonchev–Trinajstić information content (AvgIpc) is 2.33. The molecule has 0 spiro atoms. The van der Waals surface area contributed by atoms with Crippen LogP contribution in [0.3, 0.4) is 0 Å². The monoisotopic (exact) mass is 280 g/mol. The van der Waals surface area contributed by atoms with E-state index >= 15 is 0 Å². The molecule has 0 bridgehead atoms. The first-order valence-corrected chi connectivity index (χ1v) is 8.11. The van der Waals surface area contributed by atoms with Gasteiger partial charge in [-0.25, -0.2) is 8.42 Å². The summed E-state index contributed by atoms with van der Waals surface area (Å²) in [5.74, 6) is 5.98. The van der Waals surface area contributed by atoms with E-state index in [-0.39, 0.29) is 5.75 Å². The highest BCUT2D eigenvalue weighted by atomic mass is 32.2. The highest BCUT2D eigenvalue weighted by molar-refractivity contribution is 7.90. The normalized spacial score (nSPS) is 11.2. The Kier molecular flexibility index (Phi) is 6.03. The van der Waals surface area contributed by atoms with E-state index < -0.39 is 9.84 Å². The van der Waals surface area contributed by atoms with E-state index in [2.05, 4.69) is 11.8 Å². The molecule has 0 aliphatic carbocycles. The van der Waals surface area contributed by atoms with Gasteiger partial charge in [0.05, 0.1) is 12.3 Å². The Morgan fingerprint density at radius 1 is 1.37 bits per heavy atom. The maximum atomic E-state index is 11.1. The van der Waals surface area contributed by atoms with Crippen LogP contribution in [0.1, 0.15) is 11.1 Å². The second-order valence-corrected chi connectivity index (χ2v) is 6.83. The predicted molar refractivity (Wildman–Crippen MR) is 78.4 cm³/mol. The van der Waals surface area contributed by atoms with Crippen molar-refractivity contribution in [1.82, 2.24) is 4.90 Å². The van der Waals surface area contributed by atoms with Crippen molar-refractivity contribution >= 4 is 9.84 Å². The van der Waals surface area contributed by atoms with Gasteiger partial charge in [0.25, 0.3) is 0 Å². The number of benzene rings is 1. The lowest BCUT2D eigenvalue weighted by Gasteiger charge is -2.16. The summed E-state index contributed by atoms with van der Waals surface area (Å²) in [4.78, 5) is 1.98. The van der Waals surface area contributed by atoms with Crippen molar-refractivity contribution in [2.45, 2.75) is 6.54 Å². The molecule has 0 amide bonds. The number of hydrogen-bond donors (Lipinski definition) is 1. The lowest BCUT2D eigenvalue weighted by Crippen LogP contribution is -2.24. The molecule has 0 heterocycles. The fraction of sp³-hybridized carbons (Fsp3) is 0.429. The van der Waals surface area contributed by atoms with Crippen LogP contribution in [-0.2, 0) is 16.4 Å². The lowest BCUT2D eigenvalue weighted by molar-refractivity contribution is 0.346. The van der Waals surface area contributed by atoms with E-state index in [0.717, 1.165) is 11.1 Å². The largest absolute Gasteiger partial charge is 0.320 e. The minimum absolute atomic E-state index is 0.177. The third kappa shape index (κ3) is 6.97. The summed E-state index contributed by atoms with van der Waals surface area (Å²) in [6, 6.07) is 7.88. The molecule has 19 heavy (non-hydrogen) atoms. The van der Waals surface area contributed by atoms with Crippen molar-refractivity contribution in [3.8, 4) is 11.8 Å². The van der Waals surface area contributed by atoms with Gasteiger partial charge in [0.2, 0.25) is 0 Å². The van der Waals surface area contributed by atoms with Crippen molar-refractivity contribution in [3.63, 3.8) is 0 Å². The zero-order chi connectivity index (χ0) is 14.3. The van der Waals surface area contributed by atoms with Crippen molar-refractivity contribution in [1.29, 1.82) is 0 Å². The maximum Gasteiger partial charge on any atom is 0.148 e. The number of nitrogens with zero attached hydrogens (tertiary/aromatic N) is 1. The summed E-state index contributed by atoms with van der Waals surface area (Å²) in [5, 5.41) is 0. The quantitative estimate of drug-likeness (QED) is 0.797. The number of rotatable bonds is 5. The summed E-state index contributed by atoms with van der Waals surface area (Å²) in [7, 11) is -1.00. The highest BCUT2D eigenvalue weighted by Gasteiger charge is 2.06. The van der Waals surface area contributed by atoms with E-state index in [4.69, 9.17) is 5.73 Å². The first kappa shape index (κ1) is 15.7. The molecule has 1 aromatic rings. The molecule has 0 saturated heterocycles. The maximum absolute atomic E-state index is 11.1. The van der Waals surface area contributed by atoms with Gasteiger partial charge >= 0.3 is 0 Å². The van der Waals surface area contributed by atoms with Gasteiger partial charge in [0.15, 0.2) is 0 Å². The molecular weight excluding hydrogens is 260 g/mol. The van der Waals surface area contributed by atoms with E-state index in [0.29, 0.717) is 19.6 Å². The first-order chi connectivity index (χ1) is 8.90. The Bertz CT molecular complexity index is 571. The van der Waals surface area contributed by atoms with Crippen LogP contribution in [0.25, 0.3) is 0 Å². The molecule has 0 atom stereocenters. The van der Waals surface area contributed by atoms with Gasteiger partial charge in [-0.2, -0.15) is 0 Å². The van der Waals surface area contributed by atoms with Gasteiger partial charge < -0.3 is 10.6 Å². The van der Waals surface area contributed by atoms with Gasteiger partial charge in [-0.3, -0.25) is 0 Å². The van der Waals surface area contributed by atoms with Gasteiger partial charge in [-0.05, 0) is 24.7 Å². The molecule has 0 aliphatic heterocycles. The molecule has 0 saturated carbocycles. The van der Waals surface area contributed by atoms with Gasteiger partial charge in [0, 0.05) is 24.9 Å². The van der Waals surface area contributed by atoms with E-state index in [9.17, 15) is 8.42 Å². The van der Waals surface area contributed by atoms with Gasteiger partial charge in [0.1, 0.15) is 9.84 Å². The van der Waals surface area contributed by atoms with Crippen LogP contribution in [0, 0.1) is 11.8 Å². The fourth-order valence-electron chi connectivity index (χ4n) is 1.61. The topological polar surface area (TPSA) is 63.4 Å². The van der Waals surface area contributed by atoms with Crippen LogP contribution < -0.4 is 5.73 Å². The Labute approximate surface area is 115 Å². The van der Waals surface area contributed by atoms with Crippen molar-refractivity contribution < 1.29 is 8.42 Å².